The first-order chi connectivity index (χ1) is 7.94. The van der Waals surface area contributed by atoms with Gasteiger partial charge in [-0.15, -0.1) is 0 Å². The molecular weight excluding hydrogens is 234 g/mol. The summed E-state index contributed by atoms with van der Waals surface area (Å²) in [6, 6.07) is 8.81. The molecule has 1 aliphatic carbocycles. The van der Waals surface area contributed by atoms with Crippen LogP contribution in [0.1, 0.15) is 18.1 Å². The van der Waals surface area contributed by atoms with E-state index in [1.54, 1.807) is 0 Å². The molecule has 0 spiro atoms. The number of rotatable bonds is 4. The van der Waals surface area contributed by atoms with Crippen LogP contribution in [0.25, 0.3) is 0 Å². The van der Waals surface area contributed by atoms with Crippen LogP contribution in [0.2, 0.25) is 0 Å². The maximum absolute atomic E-state index is 11.2. The van der Waals surface area contributed by atoms with Crippen molar-refractivity contribution in [1.29, 1.82) is 0 Å². The highest BCUT2D eigenvalue weighted by molar-refractivity contribution is 7.90. The van der Waals surface area contributed by atoms with Crippen molar-refractivity contribution in [1.82, 2.24) is 5.32 Å². The van der Waals surface area contributed by atoms with E-state index < -0.39 is 9.84 Å². The fourth-order valence-electron chi connectivity index (χ4n) is 2.58. The first kappa shape index (κ1) is 12.6. The summed E-state index contributed by atoms with van der Waals surface area (Å²) in [6.45, 7) is 1.93. The molecule has 17 heavy (non-hydrogen) atoms. The Labute approximate surface area is 103 Å². The molecule has 0 bridgehead atoms. The van der Waals surface area contributed by atoms with Crippen molar-refractivity contribution >= 4 is 9.84 Å². The number of nitrogens with one attached hydrogen (secondary N) is 1. The van der Waals surface area contributed by atoms with E-state index in [1.165, 1.54) is 17.4 Å². The molecule has 0 saturated heterocycles. The van der Waals surface area contributed by atoms with Gasteiger partial charge in [-0.3, -0.25) is 0 Å². The Balaban J connectivity index is 1.92. The summed E-state index contributed by atoms with van der Waals surface area (Å²) in [5.74, 6) is 0.208. The van der Waals surface area contributed by atoms with E-state index in [9.17, 15) is 8.42 Å². The standard InChI is InChI=1S/C13H19NO2S/c1-10(9-17(2,15)16)14-13-7-11-5-3-4-6-12(11)8-13/h3-6,10,13-14H,7-9H2,1-2H3. The van der Waals surface area contributed by atoms with Crippen molar-refractivity contribution in [2.24, 2.45) is 0 Å². The lowest BCUT2D eigenvalue weighted by Crippen LogP contribution is -2.40. The highest BCUT2D eigenvalue weighted by atomic mass is 32.2. The third-order valence-corrected chi connectivity index (χ3v) is 4.23. The van der Waals surface area contributed by atoms with Crippen molar-refractivity contribution in [3.05, 3.63) is 35.4 Å². The van der Waals surface area contributed by atoms with Crippen LogP contribution in [-0.4, -0.2) is 32.5 Å². The first-order valence-corrected chi connectivity index (χ1v) is 8.00. The average molecular weight is 253 g/mol. The molecule has 0 fully saturated rings. The second-order valence-corrected chi connectivity index (χ2v) is 7.22. The molecular formula is C13H19NO2S. The van der Waals surface area contributed by atoms with Crippen molar-refractivity contribution in [3.8, 4) is 0 Å². The summed E-state index contributed by atoms with van der Waals surface area (Å²) in [5.41, 5.74) is 2.77. The molecule has 0 saturated carbocycles. The lowest BCUT2D eigenvalue weighted by atomic mass is 10.1. The van der Waals surface area contributed by atoms with Crippen molar-refractivity contribution in [2.75, 3.05) is 12.0 Å². The van der Waals surface area contributed by atoms with Gasteiger partial charge in [-0.05, 0) is 30.9 Å². The normalized spacial score (nSPS) is 18.0. The molecule has 3 nitrogen and oxygen atoms in total. The van der Waals surface area contributed by atoms with E-state index in [1.807, 2.05) is 6.92 Å². The molecule has 1 atom stereocenters. The summed E-state index contributed by atoms with van der Waals surface area (Å²) < 4.78 is 22.4. The molecule has 1 aliphatic rings. The third-order valence-electron chi connectivity index (χ3n) is 3.12. The molecule has 0 heterocycles. The Morgan fingerprint density at radius 3 is 2.29 bits per heavy atom. The lowest BCUT2D eigenvalue weighted by Gasteiger charge is -2.18. The molecule has 1 aromatic rings. The Hall–Kier alpha value is -0.870. The van der Waals surface area contributed by atoms with E-state index in [0.717, 1.165) is 12.8 Å². The second kappa shape index (κ2) is 4.78. The number of benzene rings is 1. The van der Waals surface area contributed by atoms with Gasteiger partial charge < -0.3 is 5.32 Å². The molecule has 1 unspecified atom stereocenters. The minimum atomic E-state index is -2.89. The van der Waals surface area contributed by atoms with E-state index in [4.69, 9.17) is 0 Å². The van der Waals surface area contributed by atoms with Gasteiger partial charge in [0.25, 0.3) is 0 Å². The van der Waals surface area contributed by atoms with Crippen LogP contribution in [0.5, 0.6) is 0 Å². The summed E-state index contributed by atoms with van der Waals surface area (Å²) in [7, 11) is -2.89. The zero-order valence-electron chi connectivity index (χ0n) is 10.3. The van der Waals surface area contributed by atoms with Crippen molar-refractivity contribution in [3.63, 3.8) is 0 Å². The lowest BCUT2D eigenvalue weighted by molar-refractivity contribution is 0.475. The topological polar surface area (TPSA) is 46.2 Å². The SMILES string of the molecule is CC(CS(C)(=O)=O)NC1Cc2ccccc2C1. The van der Waals surface area contributed by atoms with E-state index in [-0.39, 0.29) is 11.8 Å². The van der Waals surface area contributed by atoms with Crippen LogP contribution in [0.3, 0.4) is 0 Å². The van der Waals surface area contributed by atoms with Gasteiger partial charge in [0.2, 0.25) is 0 Å². The monoisotopic (exact) mass is 253 g/mol. The number of sulfone groups is 1. The third kappa shape index (κ3) is 3.54. The Morgan fingerprint density at radius 1 is 1.29 bits per heavy atom. The maximum Gasteiger partial charge on any atom is 0.148 e. The number of fused-ring (bicyclic) bond motifs is 1. The van der Waals surface area contributed by atoms with Gasteiger partial charge in [-0.2, -0.15) is 0 Å². The van der Waals surface area contributed by atoms with Crippen molar-refractivity contribution in [2.45, 2.75) is 31.8 Å². The predicted molar refractivity (Wildman–Crippen MR) is 69.9 cm³/mol. The quantitative estimate of drug-likeness (QED) is 0.876. The van der Waals surface area contributed by atoms with Crippen LogP contribution < -0.4 is 5.32 Å². The molecule has 1 aromatic carbocycles. The number of hydrogen-bond donors (Lipinski definition) is 1. The van der Waals surface area contributed by atoms with Crippen LogP contribution in [-0.2, 0) is 22.7 Å². The average Bonchev–Trinajstić information content (AvgIpc) is 2.55. The van der Waals surface area contributed by atoms with Crippen LogP contribution >= 0.6 is 0 Å². The van der Waals surface area contributed by atoms with Crippen LogP contribution in [0.15, 0.2) is 24.3 Å². The second-order valence-electron chi connectivity index (χ2n) is 5.03. The fraction of sp³-hybridized carbons (Fsp3) is 0.538. The van der Waals surface area contributed by atoms with Gasteiger partial charge in [0.05, 0.1) is 5.75 Å². The van der Waals surface area contributed by atoms with E-state index in [0.29, 0.717) is 6.04 Å². The first-order valence-electron chi connectivity index (χ1n) is 5.94. The molecule has 4 heteroatoms. The smallest absolute Gasteiger partial charge is 0.148 e. The zero-order chi connectivity index (χ0) is 12.5. The Kier molecular flexibility index (Phi) is 3.54. The molecule has 0 aliphatic heterocycles. The van der Waals surface area contributed by atoms with E-state index >= 15 is 0 Å². The summed E-state index contributed by atoms with van der Waals surface area (Å²) in [5, 5.41) is 3.40. The van der Waals surface area contributed by atoms with Crippen LogP contribution in [0.4, 0.5) is 0 Å². The summed E-state index contributed by atoms with van der Waals surface area (Å²) >= 11 is 0. The molecule has 0 amide bonds. The molecule has 0 radical (unpaired) electrons. The van der Waals surface area contributed by atoms with Gasteiger partial charge >= 0.3 is 0 Å². The summed E-state index contributed by atoms with van der Waals surface area (Å²) in [6.07, 6.45) is 3.29. The fourth-order valence-corrected chi connectivity index (χ4v) is 3.59. The Morgan fingerprint density at radius 2 is 1.82 bits per heavy atom. The minimum absolute atomic E-state index is 0.0179. The zero-order valence-corrected chi connectivity index (χ0v) is 11.1. The Bertz CT molecular complexity index is 471. The maximum atomic E-state index is 11.2. The van der Waals surface area contributed by atoms with E-state index in [2.05, 4.69) is 29.6 Å². The van der Waals surface area contributed by atoms with Crippen molar-refractivity contribution < 1.29 is 8.42 Å². The van der Waals surface area contributed by atoms with Gasteiger partial charge in [0.15, 0.2) is 0 Å². The highest BCUT2D eigenvalue weighted by Gasteiger charge is 2.22. The summed E-state index contributed by atoms with van der Waals surface area (Å²) in [4.78, 5) is 0. The highest BCUT2D eigenvalue weighted by Crippen LogP contribution is 2.21. The van der Waals surface area contributed by atoms with Gasteiger partial charge in [0.1, 0.15) is 9.84 Å². The molecule has 2 rings (SSSR count). The van der Waals surface area contributed by atoms with Gasteiger partial charge in [0, 0.05) is 18.3 Å². The molecule has 94 valence electrons. The molecule has 1 N–H and O–H groups in total. The predicted octanol–water partition coefficient (Wildman–Crippen LogP) is 1.18. The van der Waals surface area contributed by atoms with Gasteiger partial charge in [-0.25, -0.2) is 8.42 Å². The van der Waals surface area contributed by atoms with Crippen LogP contribution in [0, 0.1) is 0 Å². The minimum Gasteiger partial charge on any atom is -0.310 e. The largest absolute Gasteiger partial charge is 0.310 e. The molecule has 0 aromatic heterocycles. The van der Waals surface area contributed by atoms with Gasteiger partial charge in [-0.1, -0.05) is 24.3 Å². The number of hydrogen-bond acceptors (Lipinski definition) is 3.